The van der Waals surface area contributed by atoms with Crippen molar-refractivity contribution < 1.29 is 0 Å². The minimum absolute atomic E-state index is 0.176. The molecule has 90 valence electrons. The Labute approximate surface area is 100 Å². The van der Waals surface area contributed by atoms with Crippen LogP contribution in [0.4, 0.5) is 0 Å². The molecule has 0 radical (unpaired) electrons. The van der Waals surface area contributed by atoms with Crippen LogP contribution in [0.15, 0.2) is 24.3 Å². The van der Waals surface area contributed by atoms with E-state index in [-0.39, 0.29) is 5.54 Å². The maximum Gasteiger partial charge on any atom is 0.0430 e. The van der Waals surface area contributed by atoms with Gasteiger partial charge in [-0.1, -0.05) is 58.4 Å². The van der Waals surface area contributed by atoms with Gasteiger partial charge in [-0.3, -0.25) is 0 Å². The molecule has 0 bridgehead atoms. The van der Waals surface area contributed by atoms with E-state index in [1.165, 1.54) is 17.5 Å². The van der Waals surface area contributed by atoms with E-state index in [0.29, 0.717) is 5.92 Å². The molecule has 1 nitrogen and oxygen atoms in total. The Morgan fingerprint density at radius 1 is 1.12 bits per heavy atom. The van der Waals surface area contributed by atoms with E-state index < -0.39 is 0 Å². The molecular formula is C15H25N. The van der Waals surface area contributed by atoms with Crippen molar-refractivity contribution in [2.24, 2.45) is 11.7 Å². The second-order valence-electron chi connectivity index (χ2n) is 5.00. The highest BCUT2D eigenvalue weighted by Crippen LogP contribution is 2.30. The van der Waals surface area contributed by atoms with Crippen LogP contribution in [-0.2, 0) is 12.0 Å². The number of hydrogen-bond acceptors (Lipinski definition) is 1. The normalized spacial score (nSPS) is 15.1. The predicted molar refractivity (Wildman–Crippen MR) is 71.4 cm³/mol. The topological polar surface area (TPSA) is 26.0 Å². The van der Waals surface area contributed by atoms with E-state index >= 15 is 0 Å². The lowest BCUT2D eigenvalue weighted by Crippen LogP contribution is -2.41. The number of hydrogen-bond donors (Lipinski definition) is 1. The van der Waals surface area contributed by atoms with E-state index in [2.05, 4.69) is 52.0 Å². The average molecular weight is 219 g/mol. The van der Waals surface area contributed by atoms with Gasteiger partial charge >= 0.3 is 0 Å². The van der Waals surface area contributed by atoms with Crippen molar-refractivity contribution in [2.45, 2.75) is 52.5 Å². The summed E-state index contributed by atoms with van der Waals surface area (Å²) >= 11 is 0. The Bertz CT molecular complexity index is 313. The fourth-order valence-corrected chi connectivity index (χ4v) is 2.22. The van der Waals surface area contributed by atoms with Gasteiger partial charge in [-0.25, -0.2) is 0 Å². The SMILES string of the molecule is CCCc1ccc(C(N)(CC)C(C)C)cc1. The van der Waals surface area contributed by atoms with E-state index in [1.54, 1.807) is 0 Å². The summed E-state index contributed by atoms with van der Waals surface area (Å²) in [5.74, 6) is 0.467. The van der Waals surface area contributed by atoms with Crippen LogP contribution in [-0.4, -0.2) is 0 Å². The van der Waals surface area contributed by atoms with Crippen molar-refractivity contribution in [3.05, 3.63) is 35.4 Å². The molecule has 1 atom stereocenters. The highest BCUT2D eigenvalue weighted by atomic mass is 14.7. The van der Waals surface area contributed by atoms with Crippen LogP contribution in [0.3, 0.4) is 0 Å². The van der Waals surface area contributed by atoms with Gasteiger partial charge in [-0.2, -0.15) is 0 Å². The van der Waals surface area contributed by atoms with Crippen LogP contribution in [0.1, 0.15) is 51.7 Å². The molecule has 2 N–H and O–H groups in total. The molecule has 0 aliphatic heterocycles. The summed E-state index contributed by atoms with van der Waals surface area (Å²) in [5, 5.41) is 0. The fraction of sp³-hybridized carbons (Fsp3) is 0.600. The number of benzene rings is 1. The Hall–Kier alpha value is -0.820. The fourth-order valence-electron chi connectivity index (χ4n) is 2.22. The van der Waals surface area contributed by atoms with Gasteiger partial charge in [0.05, 0.1) is 0 Å². The molecule has 0 aromatic heterocycles. The van der Waals surface area contributed by atoms with E-state index in [4.69, 9.17) is 5.73 Å². The summed E-state index contributed by atoms with van der Waals surface area (Å²) in [6.45, 7) is 8.77. The summed E-state index contributed by atoms with van der Waals surface area (Å²) in [6.07, 6.45) is 3.34. The molecule has 1 unspecified atom stereocenters. The Morgan fingerprint density at radius 2 is 1.69 bits per heavy atom. The van der Waals surface area contributed by atoms with Gasteiger partial charge in [-0.15, -0.1) is 0 Å². The lowest BCUT2D eigenvalue weighted by molar-refractivity contribution is 0.306. The molecule has 0 saturated heterocycles. The van der Waals surface area contributed by atoms with Crippen LogP contribution in [0, 0.1) is 5.92 Å². The minimum Gasteiger partial charge on any atom is -0.321 e. The molecule has 0 aliphatic rings. The maximum atomic E-state index is 6.49. The second-order valence-corrected chi connectivity index (χ2v) is 5.00. The molecule has 0 heterocycles. The zero-order valence-electron chi connectivity index (χ0n) is 11.1. The van der Waals surface area contributed by atoms with Crippen molar-refractivity contribution in [1.82, 2.24) is 0 Å². The molecule has 1 rings (SSSR count). The Kier molecular flexibility index (Phi) is 4.55. The second kappa shape index (κ2) is 5.49. The molecule has 0 saturated carbocycles. The first kappa shape index (κ1) is 13.2. The zero-order chi connectivity index (χ0) is 12.2. The predicted octanol–water partition coefficient (Wildman–Crippen LogP) is 3.86. The average Bonchev–Trinajstić information content (AvgIpc) is 2.29. The van der Waals surface area contributed by atoms with Crippen molar-refractivity contribution >= 4 is 0 Å². The molecule has 1 aromatic carbocycles. The standard InChI is InChI=1S/C15H25N/c1-5-7-13-8-10-14(11-9-13)15(16,6-2)12(3)4/h8-12H,5-7,16H2,1-4H3. The van der Waals surface area contributed by atoms with Gasteiger partial charge in [0.2, 0.25) is 0 Å². The Balaban J connectivity index is 2.95. The third-order valence-corrected chi connectivity index (χ3v) is 3.65. The van der Waals surface area contributed by atoms with Crippen LogP contribution < -0.4 is 5.73 Å². The molecular weight excluding hydrogens is 194 g/mol. The van der Waals surface area contributed by atoms with Crippen LogP contribution in [0.2, 0.25) is 0 Å². The highest BCUT2D eigenvalue weighted by Gasteiger charge is 2.28. The van der Waals surface area contributed by atoms with Crippen molar-refractivity contribution in [2.75, 3.05) is 0 Å². The van der Waals surface area contributed by atoms with Crippen LogP contribution >= 0.6 is 0 Å². The quantitative estimate of drug-likeness (QED) is 0.799. The largest absolute Gasteiger partial charge is 0.321 e. The van der Waals surface area contributed by atoms with Gasteiger partial charge in [0.1, 0.15) is 0 Å². The van der Waals surface area contributed by atoms with E-state index in [0.717, 1.165) is 12.8 Å². The van der Waals surface area contributed by atoms with Gasteiger partial charge in [0.25, 0.3) is 0 Å². The first-order valence-corrected chi connectivity index (χ1v) is 6.42. The summed E-state index contributed by atoms with van der Waals surface area (Å²) in [7, 11) is 0. The van der Waals surface area contributed by atoms with Gasteiger partial charge in [0, 0.05) is 5.54 Å². The van der Waals surface area contributed by atoms with Crippen LogP contribution in [0.5, 0.6) is 0 Å². The smallest absolute Gasteiger partial charge is 0.0430 e. The lowest BCUT2D eigenvalue weighted by Gasteiger charge is -2.33. The van der Waals surface area contributed by atoms with Crippen molar-refractivity contribution in [3.8, 4) is 0 Å². The number of nitrogens with two attached hydrogens (primary N) is 1. The number of rotatable bonds is 5. The molecule has 0 aliphatic carbocycles. The molecule has 1 heteroatoms. The van der Waals surface area contributed by atoms with Gasteiger partial charge in [0.15, 0.2) is 0 Å². The summed E-state index contributed by atoms with van der Waals surface area (Å²) in [4.78, 5) is 0. The van der Waals surface area contributed by atoms with E-state index in [9.17, 15) is 0 Å². The van der Waals surface area contributed by atoms with Crippen molar-refractivity contribution in [1.29, 1.82) is 0 Å². The van der Waals surface area contributed by atoms with Crippen LogP contribution in [0.25, 0.3) is 0 Å². The maximum absolute atomic E-state index is 6.49. The molecule has 0 amide bonds. The van der Waals surface area contributed by atoms with E-state index in [1.807, 2.05) is 0 Å². The summed E-state index contributed by atoms with van der Waals surface area (Å²) < 4.78 is 0. The Morgan fingerprint density at radius 3 is 2.06 bits per heavy atom. The lowest BCUT2D eigenvalue weighted by atomic mass is 9.78. The zero-order valence-corrected chi connectivity index (χ0v) is 11.1. The highest BCUT2D eigenvalue weighted by molar-refractivity contribution is 5.29. The summed E-state index contributed by atoms with van der Waals surface area (Å²) in [6, 6.07) is 8.85. The molecule has 1 aromatic rings. The van der Waals surface area contributed by atoms with Gasteiger partial charge in [-0.05, 0) is 29.9 Å². The third-order valence-electron chi connectivity index (χ3n) is 3.65. The summed E-state index contributed by atoms with van der Waals surface area (Å²) in [5.41, 5.74) is 8.99. The van der Waals surface area contributed by atoms with Gasteiger partial charge < -0.3 is 5.73 Å². The first-order chi connectivity index (χ1) is 7.54. The minimum atomic E-state index is -0.176. The first-order valence-electron chi connectivity index (χ1n) is 6.42. The molecule has 0 fully saturated rings. The van der Waals surface area contributed by atoms with Crippen molar-refractivity contribution in [3.63, 3.8) is 0 Å². The molecule has 16 heavy (non-hydrogen) atoms. The molecule has 0 spiro atoms. The number of aryl methyl sites for hydroxylation is 1. The monoisotopic (exact) mass is 219 g/mol. The third kappa shape index (κ3) is 2.65.